The molecule has 0 radical (unpaired) electrons. The molecule has 2 aromatic heterocycles. The third kappa shape index (κ3) is 4.19. The molecule has 0 aliphatic rings. The van der Waals surface area contributed by atoms with Gasteiger partial charge < -0.3 is 4.57 Å². The van der Waals surface area contributed by atoms with E-state index in [9.17, 15) is 0 Å². The first-order valence-corrected chi connectivity index (χ1v) is 15.1. The van der Waals surface area contributed by atoms with E-state index in [4.69, 9.17) is 15.0 Å². The molecule has 0 N–H and O–H groups in total. The Bertz CT molecular complexity index is 2470. The van der Waals surface area contributed by atoms with E-state index in [0.717, 1.165) is 38.7 Å². The number of hydrogen-bond acceptors (Lipinski definition) is 3. The van der Waals surface area contributed by atoms with E-state index in [1.807, 2.05) is 60.7 Å². The number of benzene rings is 7. The normalized spacial score (nSPS) is 11.6. The summed E-state index contributed by atoms with van der Waals surface area (Å²) in [6, 6.07) is 55.1. The Labute approximate surface area is 259 Å². The van der Waals surface area contributed by atoms with Crippen molar-refractivity contribution in [3.8, 4) is 39.9 Å². The quantitative estimate of drug-likeness (QED) is 0.210. The summed E-state index contributed by atoms with van der Waals surface area (Å²) < 4.78 is 2.40. The Morgan fingerprint density at radius 3 is 1.58 bits per heavy atom. The van der Waals surface area contributed by atoms with Crippen LogP contribution in [0.25, 0.3) is 83.2 Å². The van der Waals surface area contributed by atoms with Crippen LogP contribution in [0, 0.1) is 0 Å². The molecule has 0 saturated heterocycles. The maximum atomic E-state index is 5.06. The molecule has 0 atom stereocenters. The molecule has 7 aromatic carbocycles. The van der Waals surface area contributed by atoms with Gasteiger partial charge in [-0.05, 0) is 40.4 Å². The lowest BCUT2D eigenvalue weighted by molar-refractivity contribution is 1.07. The summed E-state index contributed by atoms with van der Waals surface area (Å²) in [7, 11) is 0. The second kappa shape index (κ2) is 10.2. The number of hydrogen-bond donors (Lipinski definition) is 0. The van der Waals surface area contributed by atoms with Crippen LogP contribution in [0.4, 0.5) is 0 Å². The molecule has 210 valence electrons. The van der Waals surface area contributed by atoms with Crippen molar-refractivity contribution in [3.05, 3.63) is 158 Å². The fourth-order valence-corrected chi connectivity index (χ4v) is 6.54. The molecule has 0 fully saturated rings. The SMILES string of the molecule is c1ccc(-c2nc(-c3ccccc3)nc(-c3cc(-n4c5ccccc5c5c6ccccc6ccc54)c4ccccc4c3)n2)cc1. The third-order valence-electron chi connectivity index (χ3n) is 8.60. The van der Waals surface area contributed by atoms with Gasteiger partial charge in [0.2, 0.25) is 0 Å². The Hall–Kier alpha value is -6.13. The Balaban J connectivity index is 1.36. The van der Waals surface area contributed by atoms with Crippen LogP contribution in [0.5, 0.6) is 0 Å². The highest BCUT2D eigenvalue weighted by Crippen LogP contribution is 2.39. The maximum Gasteiger partial charge on any atom is 0.164 e. The van der Waals surface area contributed by atoms with Crippen LogP contribution < -0.4 is 0 Å². The van der Waals surface area contributed by atoms with Crippen molar-refractivity contribution in [2.45, 2.75) is 0 Å². The third-order valence-corrected chi connectivity index (χ3v) is 8.60. The lowest BCUT2D eigenvalue weighted by Crippen LogP contribution is -2.01. The van der Waals surface area contributed by atoms with Crippen molar-refractivity contribution in [1.82, 2.24) is 19.5 Å². The van der Waals surface area contributed by atoms with E-state index in [-0.39, 0.29) is 0 Å². The summed E-state index contributed by atoms with van der Waals surface area (Å²) in [5.41, 5.74) is 6.27. The summed E-state index contributed by atoms with van der Waals surface area (Å²) in [5.74, 6) is 1.94. The summed E-state index contributed by atoms with van der Waals surface area (Å²) >= 11 is 0. The minimum absolute atomic E-state index is 0.640. The highest BCUT2D eigenvalue weighted by Gasteiger charge is 2.19. The lowest BCUT2D eigenvalue weighted by Gasteiger charge is -2.15. The predicted octanol–water partition coefficient (Wildman–Crippen LogP) is 10.3. The van der Waals surface area contributed by atoms with Crippen LogP contribution in [0.15, 0.2) is 158 Å². The van der Waals surface area contributed by atoms with E-state index >= 15 is 0 Å². The molecule has 0 unspecified atom stereocenters. The largest absolute Gasteiger partial charge is 0.309 e. The fourth-order valence-electron chi connectivity index (χ4n) is 6.54. The molecule has 0 amide bonds. The fraction of sp³-hybridized carbons (Fsp3) is 0. The molecular formula is C41H26N4. The van der Waals surface area contributed by atoms with E-state index in [1.165, 1.54) is 27.1 Å². The van der Waals surface area contributed by atoms with Crippen molar-refractivity contribution in [2.24, 2.45) is 0 Å². The van der Waals surface area contributed by atoms with Crippen LogP contribution in [0.3, 0.4) is 0 Å². The highest BCUT2D eigenvalue weighted by atomic mass is 15.0. The number of para-hydroxylation sites is 1. The molecule has 0 bridgehead atoms. The maximum absolute atomic E-state index is 5.06. The van der Waals surface area contributed by atoms with E-state index < -0.39 is 0 Å². The topological polar surface area (TPSA) is 43.6 Å². The molecule has 0 saturated carbocycles. The van der Waals surface area contributed by atoms with Gasteiger partial charge in [0.1, 0.15) is 0 Å². The summed E-state index contributed by atoms with van der Waals surface area (Å²) in [5, 5.41) is 7.27. The van der Waals surface area contributed by atoms with Gasteiger partial charge in [0.15, 0.2) is 17.5 Å². The van der Waals surface area contributed by atoms with Crippen molar-refractivity contribution >= 4 is 43.4 Å². The lowest BCUT2D eigenvalue weighted by atomic mass is 10.0. The van der Waals surface area contributed by atoms with Crippen LogP contribution in [-0.4, -0.2) is 19.5 Å². The second-order valence-electron chi connectivity index (χ2n) is 11.3. The van der Waals surface area contributed by atoms with Gasteiger partial charge in [-0.15, -0.1) is 0 Å². The van der Waals surface area contributed by atoms with Gasteiger partial charge >= 0.3 is 0 Å². The van der Waals surface area contributed by atoms with Gasteiger partial charge in [-0.3, -0.25) is 0 Å². The van der Waals surface area contributed by atoms with Crippen LogP contribution in [0.1, 0.15) is 0 Å². The first-order chi connectivity index (χ1) is 22.3. The minimum Gasteiger partial charge on any atom is -0.309 e. The predicted molar refractivity (Wildman–Crippen MR) is 185 cm³/mol. The molecule has 0 aliphatic carbocycles. The van der Waals surface area contributed by atoms with Gasteiger partial charge in [-0.2, -0.15) is 0 Å². The summed E-state index contributed by atoms with van der Waals surface area (Å²) in [6.45, 7) is 0. The van der Waals surface area contributed by atoms with Gasteiger partial charge in [-0.25, -0.2) is 15.0 Å². The molecule has 4 heteroatoms. The van der Waals surface area contributed by atoms with Gasteiger partial charge in [0, 0.05) is 32.8 Å². The van der Waals surface area contributed by atoms with Crippen LogP contribution in [0.2, 0.25) is 0 Å². The standard InChI is InChI=1S/C41H26N4/c1-3-14-28(15-4-1)39-42-40(29-16-5-2-6-17-29)44-41(43-39)31-25-30-18-8-9-19-32(30)37(26-31)45-35-22-12-11-21-34(35)38-33-20-10-7-13-27(33)23-24-36(38)45/h1-26H. The molecule has 9 rings (SSSR count). The van der Waals surface area contributed by atoms with Gasteiger partial charge in [0.25, 0.3) is 0 Å². The Morgan fingerprint density at radius 1 is 0.356 bits per heavy atom. The summed E-state index contributed by atoms with van der Waals surface area (Å²) in [6.07, 6.45) is 0. The highest BCUT2D eigenvalue weighted by molar-refractivity contribution is 6.21. The molecule has 2 heterocycles. The van der Waals surface area contributed by atoms with Crippen molar-refractivity contribution in [3.63, 3.8) is 0 Å². The number of aromatic nitrogens is 4. The van der Waals surface area contributed by atoms with E-state index in [2.05, 4.69) is 102 Å². The molecule has 0 spiro atoms. The minimum atomic E-state index is 0.640. The average molecular weight is 575 g/mol. The molecule has 0 aliphatic heterocycles. The van der Waals surface area contributed by atoms with Crippen molar-refractivity contribution < 1.29 is 0 Å². The van der Waals surface area contributed by atoms with Crippen molar-refractivity contribution in [2.75, 3.05) is 0 Å². The molecule has 9 aromatic rings. The number of nitrogens with zero attached hydrogens (tertiary/aromatic N) is 4. The van der Waals surface area contributed by atoms with Crippen LogP contribution in [-0.2, 0) is 0 Å². The van der Waals surface area contributed by atoms with E-state index in [0.29, 0.717) is 17.5 Å². The Kier molecular flexibility index (Phi) is 5.78. The smallest absolute Gasteiger partial charge is 0.164 e. The average Bonchev–Trinajstić information content (AvgIpc) is 3.46. The first kappa shape index (κ1) is 25.4. The molecular weight excluding hydrogens is 548 g/mol. The van der Waals surface area contributed by atoms with Crippen LogP contribution >= 0.6 is 0 Å². The second-order valence-corrected chi connectivity index (χ2v) is 11.3. The zero-order valence-corrected chi connectivity index (χ0v) is 24.3. The number of fused-ring (bicyclic) bond motifs is 6. The first-order valence-electron chi connectivity index (χ1n) is 15.1. The zero-order valence-electron chi connectivity index (χ0n) is 24.3. The Morgan fingerprint density at radius 2 is 0.889 bits per heavy atom. The van der Waals surface area contributed by atoms with Crippen molar-refractivity contribution in [1.29, 1.82) is 0 Å². The van der Waals surface area contributed by atoms with Gasteiger partial charge in [0.05, 0.1) is 16.7 Å². The summed E-state index contributed by atoms with van der Waals surface area (Å²) in [4.78, 5) is 15.0. The zero-order chi connectivity index (χ0) is 29.7. The number of rotatable bonds is 4. The van der Waals surface area contributed by atoms with E-state index in [1.54, 1.807) is 0 Å². The van der Waals surface area contributed by atoms with Gasteiger partial charge in [-0.1, -0.05) is 133 Å². The molecule has 45 heavy (non-hydrogen) atoms. The molecule has 4 nitrogen and oxygen atoms in total. The monoisotopic (exact) mass is 574 g/mol.